The van der Waals surface area contributed by atoms with Crippen molar-refractivity contribution in [3.63, 3.8) is 0 Å². The Morgan fingerprint density at radius 3 is 2.23 bits per heavy atom. The highest BCUT2D eigenvalue weighted by Crippen LogP contribution is 2.24. The summed E-state index contributed by atoms with van der Waals surface area (Å²) in [6, 6.07) is 22.8. The number of hydrogen-bond acceptors (Lipinski definition) is 5. The van der Waals surface area contributed by atoms with Gasteiger partial charge in [-0.05, 0) is 54.4 Å². The smallest absolute Gasteiger partial charge is 0.256 e. The molecule has 1 amide bonds. The van der Waals surface area contributed by atoms with Crippen molar-refractivity contribution in [3.8, 4) is 11.5 Å². The van der Waals surface area contributed by atoms with E-state index in [0.717, 1.165) is 27.8 Å². The first-order valence-corrected chi connectivity index (χ1v) is 9.36. The number of oxazole rings is 1. The Bertz CT molecular complexity index is 1200. The SMILES string of the molecule is C/C(=N/O)NC(=O)c1ccc(/C=C/c2ccc(-c3nc4ccccc4o3)cc2)cc1. The van der Waals surface area contributed by atoms with Crippen LogP contribution in [-0.4, -0.2) is 21.9 Å². The molecule has 0 aliphatic heterocycles. The molecule has 0 bridgehead atoms. The molecule has 3 aromatic carbocycles. The molecular formula is C24H19N3O3. The number of amidine groups is 1. The van der Waals surface area contributed by atoms with Crippen molar-refractivity contribution in [2.24, 2.45) is 5.16 Å². The van der Waals surface area contributed by atoms with Crippen molar-refractivity contribution in [2.75, 3.05) is 0 Å². The maximum Gasteiger partial charge on any atom is 0.256 e. The van der Waals surface area contributed by atoms with Gasteiger partial charge in [0.1, 0.15) is 11.4 Å². The van der Waals surface area contributed by atoms with Crippen LogP contribution in [0.4, 0.5) is 0 Å². The number of benzene rings is 3. The standard InChI is InChI=1S/C24H19N3O3/c1-16(27-29)25-23(28)19-12-8-17(9-13-19)6-7-18-10-14-20(15-11-18)24-26-21-4-2-3-5-22(21)30-24/h2-15,29H,1H3,(H,25,27,28)/b7-6+. The number of oxime groups is 1. The number of amides is 1. The van der Waals surface area contributed by atoms with Crippen molar-refractivity contribution in [2.45, 2.75) is 6.92 Å². The van der Waals surface area contributed by atoms with Gasteiger partial charge in [0.15, 0.2) is 5.58 Å². The Hall–Kier alpha value is -4.19. The zero-order valence-corrected chi connectivity index (χ0v) is 16.2. The van der Waals surface area contributed by atoms with Crippen LogP contribution >= 0.6 is 0 Å². The Labute approximate surface area is 173 Å². The van der Waals surface area contributed by atoms with E-state index < -0.39 is 0 Å². The van der Waals surface area contributed by atoms with Gasteiger partial charge in [0, 0.05) is 11.1 Å². The van der Waals surface area contributed by atoms with Crippen molar-refractivity contribution in [3.05, 3.63) is 89.5 Å². The van der Waals surface area contributed by atoms with Gasteiger partial charge in [-0.2, -0.15) is 0 Å². The van der Waals surface area contributed by atoms with E-state index in [1.165, 1.54) is 6.92 Å². The molecule has 0 atom stereocenters. The summed E-state index contributed by atoms with van der Waals surface area (Å²) in [7, 11) is 0. The van der Waals surface area contributed by atoms with Crippen LogP contribution in [0.15, 0.2) is 82.4 Å². The molecule has 0 radical (unpaired) electrons. The lowest BCUT2D eigenvalue weighted by Crippen LogP contribution is -2.28. The fourth-order valence-corrected chi connectivity index (χ4v) is 2.93. The van der Waals surface area contributed by atoms with E-state index in [1.807, 2.05) is 72.8 Å². The minimum atomic E-state index is -0.324. The molecule has 1 aromatic heterocycles. The average molecular weight is 397 g/mol. The first kappa shape index (κ1) is 19.1. The van der Waals surface area contributed by atoms with Crippen molar-refractivity contribution in [1.82, 2.24) is 10.3 Å². The van der Waals surface area contributed by atoms with Gasteiger partial charge in [-0.1, -0.05) is 53.7 Å². The van der Waals surface area contributed by atoms with E-state index >= 15 is 0 Å². The zero-order valence-electron chi connectivity index (χ0n) is 16.2. The molecule has 4 rings (SSSR count). The summed E-state index contributed by atoms with van der Waals surface area (Å²) in [6.45, 7) is 1.50. The van der Waals surface area contributed by atoms with Crippen molar-refractivity contribution >= 4 is 35.0 Å². The summed E-state index contributed by atoms with van der Waals surface area (Å²) >= 11 is 0. The van der Waals surface area contributed by atoms with Gasteiger partial charge in [0.25, 0.3) is 5.91 Å². The van der Waals surface area contributed by atoms with Crippen LogP contribution < -0.4 is 5.32 Å². The molecule has 6 nitrogen and oxygen atoms in total. The van der Waals surface area contributed by atoms with E-state index in [2.05, 4.69) is 15.5 Å². The third-order valence-electron chi connectivity index (χ3n) is 4.54. The third-order valence-corrected chi connectivity index (χ3v) is 4.54. The van der Waals surface area contributed by atoms with Crippen LogP contribution in [-0.2, 0) is 0 Å². The van der Waals surface area contributed by atoms with Crippen LogP contribution in [0.3, 0.4) is 0 Å². The lowest BCUT2D eigenvalue weighted by molar-refractivity contribution is 0.0975. The van der Waals surface area contributed by atoms with E-state index in [-0.39, 0.29) is 11.7 Å². The first-order chi connectivity index (χ1) is 14.6. The second kappa shape index (κ2) is 8.45. The molecule has 0 aliphatic rings. The average Bonchev–Trinajstić information content (AvgIpc) is 3.22. The van der Waals surface area contributed by atoms with Gasteiger partial charge < -0.3 is 14.9 Å². The summed E-state index contributed by atoms with van der Waals surface area (Å²) in [6.07, 6.45) is 3.96. The minimum Gasteiger partial charge on any atom is -0.436 e. The van der Waals surface area contributed by atoms with E-state index in [9.17, 15) is 4.79 Å². The second-order valence-corrected chi connectivity index (χ2v) is 6.70. The molecule has 6 heteroatoms. The number of carbonyl (C=O) groups excluding carboxylic acids is 1. The van der Waals surface area contributed by atoms with E-state index in [0.29, 0.717) is 11.5 Å². The van der Waals surface area contributed by atoms with Crippen LogP contribution in [0.5, 0.6) is 0 Å². The maximum absolute atomic E-state index is 12.0. The number of aromatic nitrogens is 1. The summed E-state index contributed by atoms with van der Waals surface area (Å²) in [4.78, 5) is 16.5. The predicted octanol–water partition coefficient (Wildman–Crippen LogP) is 5.20. The molecule has 0 fully saturated rings. The number of nitrogens with one attached hydrogen (secondary N) is 1. The Morgan fingerprint density at radius 2 is 1.60 bits per heavy atom. The molecule has 1 heterocycles. The zero-order chi connectivity index (χ0) is 20.9. The molecule has 2 N–H and O–H groups in total. The van der Waals surface area contributed by atoms with Crippen molar-refractivity contribution in [1.29, 1.82) is 0 Å². The Balaban J connectivity index is 1.44. The third kappa shape index (κ3) is 4.28. The molecule has 0 aliphatic carbocycles. The van der Waals surface area contributed by atoms with Gasteiger partial charge in [-0.15, -0.1) is 0 Å². The van der Waals surface area contributed by atoms with Gasteiger partial charge >= 0.3 is 0 Å². The quantitative estimate of drug-likeness (QED) is 0.163. The Kier molecular flexibility index (Phi) is 5.39. The van der Waals surface area contributed by atoms with Crippen LogP contribution in [0.1, 0.15) is 28.4 Å². The van der Waals surface area contributed by atoms with Gasteiger partial charge in [-0.25, -0.2) is 4.98 Å². The molecule has 4 aromatic rings. The first-order valence-electron chi connectivity index (χ1n) is 9.36. The molecule has 0 saturated heterocycles. The van der Waals surface area contributed by atoms with Gasteiger partial charge in [0.05, 0.1) is 0 Å². The normalized spacial score (nSPS) is 11.8. The Morgan fingerprint density at radius 1 is 0.967 bits per heavy atom. The van der Waals surface area contributed by atoms with Crippen molar-refractivity contribution < 1.29 is 14.4 Å². The highest BCUT2D eigenvalue weighted by molar-refractivity contribution is 6.05. The molecular weight excluding hydrogens is 378 g/mol. The topological polar surface area (TPSA) is 87.7 Å². The van der Waals surface area contributed by atoms with Gasteiger partial charge in [0.2, 0.25) is 5.89 Å². The second-order valence-electron chi connectivity index (χ2n) is 6.70. The highest BCUT2D eigenvalue weighted by atomic mass is 16.4. The summed E-state index contributed by atoms with van der Waals surface area (Å²) < 4.78 is 5.80. The van der Waals surface area contributed by atoms with Crippen LogP contribution in [0.2, 0.25) is 0 Å². The minimum absolute atomic E-state index is 0.144. The highest BCUT2D eigenvalue weighted by Gasteiger charge is 2.07. The molecule has 30 heavy (non-hydrogen) atoms. The largest absolute Gasteiger partial charge is 0.436 e. The monoisotopic (exact) mass is 397 g/mol. The van der Waals surface area contributed by atoms with E-state index in [1.54, 1.807) is 12.1 Å². The van der Waals surface area contributed by atoms with Crippen LogP contribution in [0.25, 0.3) is 34.7 Å². The summed E-state index contributed by atoms with van der Waals surface area (Å²) in [5, 5.41) is 14.0. The number of hydrogen-bond donors (Lipinski definition) is 2. The fourth-order valence-electron chi connectivity index (χ4n) is 2.93. The lowest BCUT2D eigenvalue weighted by Gasteiger charge is -2.03. The lowest BCUT2D eigenvalue weighted by atomic mass is 10.1. The number of nitrogens with zero attached hydrogens (tertiary/aromatic N) is 2. The molecule has 0 saturated carbocycles. The van der Waals surface area contributed by atoms with Gasteiger partial charge in [-0.3, -0.25) is 4.79 Å². The summed E-state index contributed by atoms with van der Waals surface area (Å²) in [5.74, 6) is 0.419. The predicted molar refractivity (Wildman–Crippen MR) is 117 cm³/mol. The number of fused-ring (bicyclic) bond motifs is 1. The molecule has 0 spiro atoms. The number of para-hydroxylation sites is 2. The molecule has 0 unspecified atom stereocenters. The van der Waals surface area contributed by atoms with Crippen LogP contribution in [0, 0.1) is 0 Å². The number of carbonyl (C=O) groups is 1. The maximum atomic E-state index is 12.0. The van der Waals surface area contributed by atoms with E-state index in [4.69, 9.17) is 9.62 Å². The number of rotatable bonds is 4. The summed E-state index contributed by atoms with van der Waals surface area (Å²) in [5.41, 5.74) is 5.01. The fraction of sp³-hybridized carbons (Fsp3) is 0.0417. The molecule has 148 valence electrons.